The van der Waals surface area contributed by atoms with Crippen LogP contribution in [0.1, 0.15) is 33.6 Å². The largest absolute Gasteiger partial charge is 0.487 e. The number of nitrogens with zero attached hydrogens (tertiary/aromatic N) is 2. The summed E-state index contributed by atoms with van der Waals surface area (Å²) in [6, 6.07) is 4.08. The van der Waals surface area contributed by atoms with E-state index in [1.165, 1.54) is 18.2 Å². The van der Waals surface area contributed by atoms with Gasteiger partial charge in [-0.1, -0.05) is 11.6 Å². The Morgan fingerprint density at radius 1 is 1.42 bits per heavy atom. The zero-order valence-electron chi connectivity index (χ0n) is 14.0. The summed E-state index contributed by atoms with van der Waals surface area (Å²) in [7, 11) is 0. The van der Waals surface area contributed by atoms with Gasteiger partial charge in [-0.3, -0.25) is 10.1 Å². The number of ether oxygens (including phenoxy) is 2. The van der Waals surface area contributed by atoms with E-state index in [-0.39, 0.29) is 22.9 Å². The molecule has 1 amide bonds. The number of benzene rings is 1. The van der Waals surface area contributed by atoms with Crippen molar-refractivity contribution in [1.82, 2.24) is 4.90 Å². The van der Waals surface area contributed by atoms with E-state index in [9.17, 15) is 14.9 Å². The Bertz CT molecular complexity index is 629. The Hall–Kier alpha value is -2.02. The molecule has 1 atom stereocenters. The van der Waals surface area contributed by atoms with Crippen LogP contribution in [0, 0.1) is 10.1 Å². The fraction of sp³-hybridized carbons (Fsp3) is 0.562. The molecule has 1 heterocycles. The summed E-state index contributed by atoms with van der Waals surface area (Å²) in [5, 5.41) is 10.9. The fourth-order valence-corrected chi connectivity index (χ4v) is 2.62. The molecule has 1 aliphatic rings. The maximum Gasteiger partial charge on any atom is 0.410 e. The smallest absolute Gasteiger partial charge is 0.410 e. The van der Waals surface area contributed by atoms with Crippen molar-refractivity contribution in [3.63, 3.8) is 0 Å². The highest BCUT2D eigenvalue weighted by molar-refractivity contribution is 6.32. The first-order valence-electron chi connectivity index (χ1n) is 7.74. The van der Waals surface area contributed by atoms with Gasteiger partial charge in [0.2, 0.25) is 0 Å². The van der Waals surface area contributed by atoms with E-state index in [0.29, 0.717) is 18.8 Å². The number of carbonyl (C=O) groups excluding carboxylic acids is 1. The lowest BCUT2D eigenvalue weighted by Crippen LogP contribution is -2.46. The third-order valence-electron chi connectivity index (χ3n) is 3.45. The highest BCUT2D eigenvalue weighted by Crippen LogP contribution is 2.30. The van der Waals surface area contributed by atoms with Crippen molar-refractivity contribution in [2.75, 3.05) is 13.1 Å². The zero-order valence-corrected chi connectivity index (χ0v) is 14.7. The van der Waals surface area contributed by atoms with Crippen molar-refractivity contribution in [2.24, 2.45) is 0 Å². The van der Waals surface area contributed by atoms with Crippen LogP contribution in [0.3, 0.4) is 0 Å². The lowest BCUT2D eigenvalue weighted by Gasteiger charge is -2.34. The molecule has 0 aromatic heterocycles. The van der Waals surface area contributed by atoms with Gasteiger partial charge in [0.25, 0.3) is 5.69 Å². The van der Waals surface area contributed by atoms with Gasteiger partial charge >= 0.3 is 6.09 Å². The first kappa shape index (κ1) is 18.3. The summed E-state index contributed by atoms with van der Waals surface area (Å²) in [5.41, 5.74) is -0.640. The lowest BCUT2D eigenvalue weighted by atomic mass is 10.1. The fourth-order valence-electron chi connectivity index (χ4n) is 2.41. The molecule has 0 radical (unpaired) electrons. The number of nitro groups is 1. The molecule has 0 saturated carbocycles. The molecule has 0 unspecified atom stereocenters. The van der Waals surface area contributed by atoms with E-state index in [1.54, 1.807) is 4.90 Å². The minimum Gasteiger partial charge on any atom is -0.487 e. The normalized spacial score (nSPS) is 18.2. The summed E-state index contributed by atoms with van der Waals surface area (Å²) in [6.45, 7) is 6.46. The molecule has 0 N–H and O–H groups in total. The summed E-state index contributed by atoms with van der Waals surface area (Å²) >= 11 is 6.04. The molecule has 0 aliphatic carbocycles. The molecule has 24 heavy (non-hydrogen) atoms. The number of non-ortho nitro benzene ring substituents is 1. The standard InChI is InChI=1S/C16H21ClN2O5/c1-16(2,3)24-15(20)18-8-4-5-12(10-18)23-14-7-6-11(19(21)22)9-13(14)17/h6-7,9,12H,4-5,8,10H2,1-3H3/t12-/m1/s1. The van der Waals surface area contributed by atoms with Crippen molar-refractivity contribution < 1.29 is 19.2 Å². The van der Waals surface area contributed by atoms with Crippen molar-refractivity contribution in [3.05, 3.63) is 33.3 Å². The van der Waals surface area contributed by atoms with Gasteiger partial charge in [-0.05, 0) is 39.7 Å². The summed E-state index contributed by atoms with van der Waals surface area (Å²) in [5.74, 6) is 0.373. The first-order chi connectivity index (χ1) is 11.2. The Morgan fingerprint density at radius 2 is 2.12 bits per heavy atom. The SMILES string of the molecule is CC(C)(C)OC(=O)N1CCC[C@@H](Oc2ccc([N+](=O)[O-])cc2Cl)C1. The topological polar surface area (TPSA) is 81.9 Å². The molecule has 1 saturated heterocycles. The Morgan fingerprint density at radius 3 is 2.71 bits per heavy atom. The molecule has 1 aromatic rings. The maximum atomic E-state index is 12.1. The maximum absolute atomic E-state index is 12.1. The number of likely N-dealkylation sites (tertiary alicyclic amines) is 1. The van der Waals surface area contributed by atoms with Gasteiger partial charge < -0.3 is 14.4 Å². The monoisotopic (exact) mass is 356 g/mol. The summed E-state index contributed by atoms with van der Waals surface area (Å²) in [4.78, 5) is 24.0. The Labute approximate surface area is 145 Å². The van der Waals surface area contributed by atoms with Gasteiger partial charge in [-0.15, -0.1) is 0 Å². The number of rotatable bonds is 3. The second-order valence-corrected chi connectivity index (χ2v) is 7.09. The summed E-state index contributed by atoms with van der Waals surface area (Å²) in [6.07, 6.45) is 0.956. The van der Waals surface area contributed by atoms with Crippen LogP contribution in [-0.4, -0.2) is 40.7 Å². The van der Waals surface area contributed by atoms with Crippen molar-refractivity contribution in [3.8, 4) is 5.75 Å². The Balaban J connectivity index is 2.00. The van der Waals surface area contributed by atoms with Crippen molar-refractivity contribution in [2.45, 2.75) is 45.3 Å². The van der Waals surface area contributed by atoms with Gasteiger partial charge in [0, 0.05) is 18.7 Å². The van der Waals surface area contributed by atoms with Crippen LogP contribution in [-0.2, 0) is 4.74 Å². The quantitative estimate of drug-likeness (QED) is 0.603. The highest BCUT2D eigenvalue weighted by atomic mass is 35.5. The Kier molecular flexibility index (Phi) is 5.54. The van der Waals surface area contributed by atoms with E-state index in [4.69, 9.17) is 21.1 Å². The third kappa shape index (κ3) is 4.99. The van der Waals surface area contributed by atoms with Crippen molar-refractivity contribution >= 4 is 23.4 Å². The lowest BCUT2D eigenvalue weighted by molar-refractivity contribution is -0.384. The van der Waals surface area contributed by atoms with Crippen LogP contribution in [0.4, 0.5) is 10.5 Å². The molecular formula is C16H21ClN2O5. The average molecular weight is 357 g/mol. The molecule has 1 fully saturated rings. The van der Waals surface area contributed by atoms with E-state index in [1.807, 2.05) is 20.8 Å². The molecule has 7 nitrogen and oxygen atoms in total. The number of amides is 1. The van der Waals surface area contributed by atoms with E-state index in [0.717, 1.165) is 12.8 Å². The number of hydrogen-bond acceptors (Lipinski definition) is 5. The second kappa shape index (κ2) is 7.25. The number of halogens is 1. The molecule has 132 valence electrons. The van der Waals surface area contributed by atoms with Gasteiger partial charge in [0.05, 0.1) is 16.5 Å². The molecule has 0 bridgehead atoms. The third-order valence-corrected chi connectivity index (χ3v) is 3.75. The molecule has 1 aromatic carbocycles. The predicted molar refractivity (Wildman–Crippen MR) is 89.6 cm³/mol. The number of carbonyl (C=O) groups is 1. The van der Waals surface area contributed by atoms with Crippen LogP contribution in [0.5, 0.6) is 5.75 Å². The minimum absolute atomic E-state index is 0.0913. The molecule has 0 spiro atoms. The van der Waals surface area contributed by atoms with Crippen molar-refractivity contribution in [1.29, 1.82) is 0 Å². The van der Waals surface area contributed by atoms with Gasteiger partial charge in [0.1, 0.15) is 17.5 Å². The molecular weight excluding hydrogens is 336 g/mol. The number of nitro benzene ring substituents is 1. The van der Waals surface area contributed by atoms with Crippen LogP contribution in [0.25, 0.3) is 0 Å². The zero-order chi connectivity index (χ0) is 17.9. The molecule has 8 heteroatoms. The predicted octanol–water partition coefficient (Wildman–Crippen LogP) is 4.03. The second-order valence-electron chi connectivity index (χ2n) is 6.68. The highest BCUT2D eigenvalue weighted by Gasteiger charge is 2.29. The molecule has 2 rings (SSSR count). The van der Waals surface area contributed by atoms with Crippen LogP contribution in [0.15, 0.2) is 18.2 Å². The summed E-state index contributed by atoms with van der Waals surface area (Å²) < 4.78 is 11.2. The van der Waals surface area contributed by atoms with Crippen LogP contribution >= 0.6 is 11.6 Å². The van der Waals surface area contributed by atoms with E-state index < -0.39 is 10.5 Å². The van der Waals surface area contributed by atoms with Crippen LogP contribution < -0.4 is 4.74 Å². The minimum atomic E-state index is -0.549. The van der Waals surface area contributed by atoms with Gasteiger partial charge in [0.15, 0.2) is 0 Å². The first-order valence-corrected chi connectivity index (χ1v) is 8.12. The van der Waals surface area contributed by atoms with E-state index in [2.05, 4.69) is 0 Å². The van der Waals surface area contributed by atoms with Gasteiger partial charge in [-0.25, -0.2) is 4.79 Å². The molecule has 1 aliphatic heterocycles. The number of piperidine rings is 1. The van der Waals surface area contributed by atoms with E-state index >= 15 is 0 Å². The number of hydrogen-bond donors (Lipinski definition) is 0. The van der Waals surface area contributed by atoms with Gasteiger partial charge in [-0.2, -0.15) is 0 Å². The average Bonchev–Trinajstić information content (AvgIpc) is 2.47. The van der Waals surface area contributed by atoms with Crippen LogP contribution in [0.2, 0.25) is 5.02 Å².